The summed E-state index contributed by atoms with van der Waals surface area (Å²) in [4.78, 5) is 8.47. The third kappa shape index (κ3) is 2.76. The minimum Gasteiger partial charge on any atom is -0.388 e. The Morgan fingerprint density at radius 1 is 1.47 bits per heavy atom. The molecule has 0 aliphatic rings. The van der Waals surface area contributed by atoms with Gasteiger partial charge in [-0.05, 0) is 0 Å². The van der Waals surface area contributed by atoms with Crippen LogP contribution in [-0.2, 0) is 13.6 Å². The normalized spacial score (nSPS) is 10.2. The summed E-state index contributed by atoms with van der Waals surface area (Å²) in [6, 6.07) is 0. The maximum Gasteiger partial charge on any atom is 0.155 e. The van der Waals surface area contributed by atoms with Crippen LogP contribution in [0.1, 0.15) is 11.3 Å². The molecule has 2 heterocycles. The highest BCUT2D eigenvalue weighted by Gasteiger charge is 2.07. The third-order valence-electron chi connectivity index (χ3n) is 2.15. The van der Waals surface area contributed by atoms with E-state index in [4.69, 9.17) is 18.0 Å². The molecule has 0 saturated carbocycles. The van der Waals surface area contributed by atoms with Crippen molar-refractivity contribution in [3.63, 3.8) is 0 Å². The predicted molar refractivity (Wildman–Crippen MR) is 68.5 cm³/mol. The molecular formula is C10H12N6S. The van der Waals surface area contributed by atoms with E-state index >= 15 is 0 Å². The molecule has 2 aromatic heterocycles. The first-order valence-electron chi connectivity index (χ1n) is 4.99. The molecule has 0 bridgehead atoms. The fourth-order valence-electron chi connectivity index (χ4n) is 1.40. The second-order valence-corrected chi connectivity index (χ2v) is 3.93. The average molecular weight is 248 g/mol. The molecule has 0 atom stereocenters. The van der Waals surface area contributed by atoms with E-state index in [1.807, 2.05) is 13.2 Å². The molecule has 6 nitrogen and oxygen atoms in total. The van der Waals surface area contributed by atoms with Crippen LogP contribution in [0, 0.1) is 0 Å². The number of aromatic nitrogens is 4. The molecule has 2 rings (SSSR count). The van der Waals surface area contributed by atoms with Crippen molar-refractivity contribution < 1.29 is 0 Å². The topological polar surface area (TPSA) is 81.7 Å². The van der Waals surface area contributed by atoms with Crippen molar-refractivity contribution in [1.29, 1.82) is 0 Å². The molecule has 17 heavy (non-hydrogen) atoms. The van der Waals surface area contributed by atoms with Crippen molar-refractivity contribution >= 4 is 23.0 Å². The van der Waals surface area contributed by atoms with E-state index in [0.29, 0.717) is 18.1 Å². The molecule has 0 radical (unpaired) electrons. The van der Waals surface area contributed by atoms with Gasteiger partial charge in [0.05, 0.1) is 6.20 Å². The molecule has 0 unspecified atom stereocenters. The zero-order chi connectivity index (χ0) is 12.3. The second kappa shape index (κ2) is 4.88. The molecule has 7 heteroatoms. The first-order chi connectivity index (χ1) is 8.16. The summed E-state index contributed by atoms with van der Waals surface area (Å²) >= 11 is 4.90. The summed E-state index contributed by atoms with van der Waals surface area (Å²) in [5.41, 5.74) is 7.11. The Morgan fingerprint density at radius 2 is 2.24 bits per heavy atom. The standard InChI is InChI=1S/C10H12N6S/c1-16-6-7(5-15-16)4-14-10-8(9(11)17)12-2-3-13-10/h2-3,5-6H,4H2,1H3,(H2,11,17)(H,13,14). The molecule has 0 saturated heterocycles. The van der Waals surface area contributed by atoms with Crippen molar-refractivity contribution in [2.45, 2.75) is 6.54 Å². The highest BCUT2D eigenvalue weighted by molar-refractivity contribution is 7.80. The predicted octanol–water partition coefficient (Wildman–Crippen LogP) is 0.456. The number of hydrogen-bond acceptors (Lipinski definition) is 5. The third-order valence-corrected chi connectivity index (χ3v) is 2.34. The van der Waals surface area contributed by atoms with Gasteiger partial charge in [-0.2, -0.15) is 5.10 Å². The van der Waals surface area contributed by atoms with Crippen LogP contribution in [-0.4, -0.2) is 24.7 Å². The van der Waals surface area contributed by atoms with Crippen molar-refractivity contribution in [2.24, 2.45) is 12.8 Å². The first kappa shape index (κ1) is 11.5. The molecule has 0 aromatic carbocycles. The summed E-state index contributed by atoms with van der Waals surface area (Å²) < 4.78 is 1.74. The number of thiocarbonyl (C=S) groups is 1. The Balaban J connectivity index is 2.11. The molecule has 0 aliphatic carbocycles. The quantitative estimate of drug-likeness (QED) is 0.765. The average Bonchev–Trinajstić information content (AvgIpc) is 2.73. The van der Waals surface area contributed by atoms with E-state index in [-0.39, 0.29) is 4.99 Å². The molecule has 88 valence electrons. The Labute approximate surface area is 104 Å². The van der Waals surface area contributed by atoms with Gasteiger partial charge in [-0.1, -0.05) is 12.2 Å². The van der Waals surface area contributed by atoms with E-state index in [0.717, 1.165) is 5.56 Å². The van der Waals surface area contributed by atoms with Crippen molar-refractivity contribution in [3.8, 4) is 0 Å². The van der Waals surface area contributed by atoms with Crippen LogP contribution in [0.3, 0.4) is 0 Å². The number of anilines is 1. The van der Waals surface area contributed by atoms with Crippen LogP contribution in [0.4, 0.5) is 5.82 Å². The van der Waals surface area contributed by atoms with Crippen LogP contribution < -0.4 is 11.1 Å². The SMILES string of the molecule is Cn1cc(CNc2nccnc2C(N)=S)cn1. The zero-order valence-corrected chi connectivity index (χ0v) is 10.1. The lowest BCUT2D eigenvalue weighted by Gasteiger charge is -2.07. The summed E-state index contributed by atoms with van der Waals surface area (Å²) in [6.07, 6.45) is 6.85. The van der Waals surface area contributed by atoms with E-state index in [2.05, 4.69) is 20.4 Å². The van der Waals surface area contributed by atoms with E-state index in [9.17, 15) is 0 Å². The lowest BCUT2D eigenvalue weighted by Crippen LogP contribution is -2.16. The molecule has 0 amide bonds. The fraction of sp³-hybridized carbons (Fsp3) is 0.200. The number of hydrogen-bond donors (Lipinski definition) is 2. The first-order valence-corrected chi connectivity index (χ1v) is 5.40. The fourth-order valence-corrected chi connectivity index (χ4v) is 1.55. The molecule has 0 spiro atoms. The molecule has 0 fully saturated rings. The summed E-state index contributed by atoms with van der Waals surface area (Å²) in [5, 5.41) is 7.21. The van der Waals surface area contributed by atoms with Gasteiger partial charge in [0.25, 0.3) is 0 Å². The van der Waals surface area contributed by atoms with Gasteiger partial charge in [-0.25, -0.2) is 9.97 Å². The van der Waals surface area contributed by atoms with Gasteiger partial charge in [-0.15, -0.1) is 0 Å². The van der Waals surface area contributed by atoms with Gasteiger partial charge in [-0.3, -0.25) is 4.68 Å². The molecular weight excluding hydrogens is 236 g/mol. The summed E-state index contributed by atoms with van der Waals surface area (Å²) in [5.74, 6) is 0.587. The van der Waals surface area contributed by atoms with Gasteiger partial charge in [0.1, 0.15) is 10.7 Å². The molecule has 2 aromatic rings. The number of rotatable bonds is 4. The Bertz CT molecular complexity index is 535. The van der Waals surface area contributed by atoms with E-state index in [1.165, 1.54) is 0 Å². The highest BCUT2D eigenvalue weighted by Crippen LogP contribution is 2.09. The van der Waals surface area contributed by atoms with Crippen molar-refractivity contribution in [2.75, 3.05) is 5.32 Å². The van der Waals surface area contributed by atoms with E-state index < -0.39 is 0 Å². The number of nitrogens with two attached hydrogens (primary N) is 1. The maximum absolute atomic E-state index is 5.56. The Morgan fingerprint density at radius 3 is 2.88 bits per heavy atom. The van der Waals surface area contributed by atoms with E-state index in [1.54, 1.807) is 23.3 Å². The van der Waals surface area contributed by atoms with Crippen LogP contribution in [0.25, 0.3) is 0 Å². The van der Waals surface area contributed by atoms with Crippen LogP contribution in [0.15, 0.2) is 24.8 Å². The zero-order valence-electron chi connectivity index (χ0n) is 9.29. The highest BCUT2D eigenvalue weighted by atomic mass is 32.1. The molecule has 0 aliphatic heterocycles. The Kier molecular flexibility index (Phi) is 3.29. The lowest BCUT2D eigenvalue weighted by molar-refractivity contribution is 0.767. The number of nitrogens with zero attached hydrogens (tertiary/aromatic N) is 4. The van der Waals surface area contributed by atoms with Gasteiger partial charge >= 0.3 is 0 Å². The minimum atomic E-state index is 0.229. The van der Waals surface area contributed by atoms with Crippen LogP contribution in [0.5, 0.6) is 0 Å². The monoisotopic (exact) mass is 248 g/mol. The molecule has 3 N–H and O–H groups in total. The van der Waals surface area contributed by atoms with Gasteiger partial charge in [0.15, 0.2) is 5.82 Å². The maximum atomic E-state index is 5.56. The van der Waals surface area contributed by atoms with Gasteiger partial charge < -0.3 is 11.1 Å². The minimum absolute atomic E-state index is 0.229. The number of aryl methyl sites for hydroxylation is 1. The number of nitrogens with one attached hydrogen (secondary N) is 1. The van der Waals surface area contributed by atoms with Crippen molar-refractivity contribution in [1.82, 2.24) is 19.7 Å². The largest absolute Gasteiger partial charge is 0.388 e. The van der Waals surface area contributed by atoms with Gasteiger partial charge in [0.2, 0.25) is 0 Å². The van der Waals surface area contributed by atoms with Crippen molar-refractivity contribution in [3.05, 3.63) is 36.0 Å². The van der Waals surface area contributed by atoms with Crippen LogP contribution in [0.2, 0.25) is 0 Å². The smallest absolute Gasteiger partial charge is 0.155 e. The summed E-state index contributed by atoms with van der Waals surface area (Å²) in [6.45, 7) is 0.599. The second-order valence-electron chi connectivity index (χ2n) is 3.49. The lowest BCUT2D eigenvalue weighted by atomic mass is 10.3. The van der Waals surface area contributed by atoms with Gasteiger partial charge in [0, 0.05) is 37.7 Å². The van der Waals surface area contributed by atoms with Crippen LogP contribution >= 0.6 is 12.2 Å². The summed E-state index contributed by atoms with van der Waals surface area (Å²) in [7, 11) is 1.87. The Hall–Kier alpha value is -2.02.